The molecule has 0 bridgehead atoms. The summed E-state index contributed by atoms with van der Waals surface area (Å²) in [5.41, 5.74) is 0. The van der Waals surface area contributed by atoms with Crippen LogP contribution in [0.4, 0.5) is 0 Å². The Morgan fingerprint density at radius 3 is 2.36 bits per heavy atom. The molecule has 0 rings (SSSR count). The predicted octanol–water partition coefficient (Wildman–Crippen LogP) is 2.75. The van der Waals surface area contributed by atoms with Gasteiger partial charge in [-0.3, -0.25) is 0 Å². The highest BCUT2D eigenvalue weighted by atomic mass is 16.3. The van der Waals surface area contributed by atoms with Gasteiger partial charge in [-0.2, -0.15) is 0 Å². The van der Waals surface area contributed by atoms with Crippen LogP contribution >= 0.6 is 0 Å². The summed E-state index contributed by atoms with van der Waals surface area (Å²) in [4.78, 5) is 0. The van der Waals surface area contributed by atoms with Gasteiger partial charge in [0.25, 0.3) is 0 Å². The molecule has 0 saturated heterocycles. The highest BCUT2D eigenvalue weighted by Gasteiger charge is 1.96. The van der Waals surface area contributed by atoms with Gasteiger partial charge in [0, 0.05) is 0 Å². The summed E-state index contributed by atoms with van der Waals surface area (Å²) in [5, 5.41) is 9.31. The van der Waals surface area contributed by atoms with Crippen molar-refractivity contribution >= 4 is 0 Å². The van der Waals surface area contributed by atoms with Crippen molar-refractivity contribution in [2.45, 2.75) is 46.1 Å². The Morgan fingerprint density at radius 1 is 1.27 bits per heavy atom. The number of hydrogen-bond acceptors (Lipinski definition) is 1. The Balaban J connectivity index is 3.54. The summed E-state index contributed by atoms with van der Waals surface area (Å²) >= 11 is 0. The highest BCUT2D eigenvalue weighted by molar-refractivity contribution is 4.91. The van der Waals surface area contributed by atoms with E-state index in [1.807, 2.05) is 6.08 Å². The fourth-order valence-corrected chi connectivity index (χ4v) is 0.846. The molecule has 0 amide bonds. The van der Waals surface area contributed by atoms with Crippen molar-refractivity contribution in [3.05, 3.63) is 12.2 Å². The fraction of sp³-hybridized carbons (Fsp3) is 0.800. The van der Waals surface area contributed by atoms with Crippen LogP contribution in [0.3, 0.4) is 0 Å². The van der Waals surface area contributed by atoms with Crippen LogP contribution in [0.5, 0.6) is 0 Å². The third kappa shape index (κ3) is 6.11. The van der Waals surface area contributed by atoms with Crippen LogP contribution in [0.2, 0.25) is 0 Å². The van der Waals surface area contributed by atoms with Crippen LogP contribution < -0.4 is 0 Å². The molecular weight excluding hydrogens is 136 g/mol. The molecule has 0 saturated carbocycles. The van der Waals surface area contributed by atoms with Gasteiger partial charge in [-0.1, -0.05) is 45.8 Å². The average molecular weight is 156 g/mol. The van der Waals surface area contributed by atoms with Gasteiger partial charge in [0.2, 0.25) is 0 Å². The van der Waals surface area contributed by atoms with E-state index < -0.39 is 0 Å². The van der Waals surface area contributed by atoms with Gasteiger partial charge in [-0.15, -0.1) is 0 Å². The van der Waals surface area contributed by atoms with E-state index in [1.54, 1.807) is 0 Å². The molecular formula is C10H20O. The van der Waals surface area contributed by atoms with Gasteiger partial charge >= 0.3 is 0 Å². The van der Waals surface area contributed by atoms with Gasteiger partial charge in [0.1, 0.15) is 0 Å². The highest BCUT2D eigenvalue weighted by Crippen LogP contribution is 2.04. The third-order valence-electron chi connectivity index (χ3n) is 1.89. The van der Waals surface area contributed by atoms with Crippen LogP contribution in [0, 0.1) is 5.92 Å². The van der Waals surface area contributed by atoms with Crippen LogP contribution in [-0.2, 0) is 0 Å². The number of aliphatic hydroxyl groups is 1. The van der Waals surface area contributed by atoms with Gasteiger partial charge in [0.15, 0.2) is 0 Å². The van der Waals surface area contributed by atoms with Crippen molar-refractivity contribution in [2.24, 2.45) is 5.92 Å². The Kier molecular flexibility index (Phi) is 6.24. The molecule has 0 spiro atoms. The summed E-state index contributed by atoms with van der Waals surface area (Å²) in [5.74, 6) is 0.599. The Hall–Kier alpha value is -0.300. The van der Waals surface area contributed by atoms with E-state index >= 15 is 0 Å². The molecule has 1 nitrogen and oxygen atoms in total. The van der Waals surface area contributed by atoms with E-state index in [2.05, 4.69) is 26.8 Å². The molecule has 11 heavy (non-hydrogen) atoms. The second-order valence-electron chi connectivity index (χ2n) is 3.13. The first-order valence-corrected chi connectivity index (χ1v) is 4.57. The second kappa shape index (κ2) is 6.41. The van der Waals surface area contributed by atoms with E-state index in [1.165, 1.54) is 0 Å². The number of hydrogen-bond donors (Lipinski definition) is 1. The largest absolute Gasteiger partial charge is 0.389 e. The Morgan fingerprint density at radius 2 is 1.91 bits per heavy atom. The van der Waals surface area contributed by atoms with Crippen LogP contribution in [-0.4, -0.2) is 11.2 Å². The summed E-state index contributed by atoms with van der Waals surface area (Å²) in [6.45, 7) is 6.40. The minimum Gasteiger partial charge on any atom is -0.389 e. The normalized spacial score (nSPS) is 17.1. The topological polar surface area (TPSA) is 20.2 Å². The van der Waals surface area contributed by atoms with E-state index in [4.69, 9.17) is 0 Å². The van der Waals surface area contributed by atoms with Gasteiger partial charge < -0.3 is 5.11 Å². The first-order chi connectivity index (χ1) is 5.20. The molecule has 66 valence electrons. The van der Waals surface area contributed by atoms with Gasteiger partial charge in [0.05, 0.1) is 6.10 Å². The van der Waals surface area contributed by atoms with Gasteiger partial charge in [-0.05, 0) is 12.3 Å². The van der Waals surface area contributed by atoms with Crippen molar-refractivity contribution in [3.63, 3.8) is 0 Å². The zero-order valence-corrected chi connectivity index (χ0v) is 7.88. The summed E-state index contributed by atoms with van der Waals surface area (Å²) in [6.07, 6.45) is 6.86. The zero-order valence-electron chi connectivity index (χ0n) is 7.88. The lowest BCUT2D eigenvalue weighted by molar-refractivity contribution is 0.211. The summed E-state index contributed by atoms with van der Waals surface area (Å²) in [6, 6.07) is 0. The van der Waals surface area contributed by atoms with E-state index in [0.29, 0.717) is 5.92 Å². The Labute approximate surface area is 70.1 Å². The van der Waals surface area contributed by atoms with Crippen molar-refractivity contribution < 1.29 is 5.11 Å². The van der Waals surface area contributed by atoms with Crippen molar-refractivity contribution in [1.82, 2.24) is 0 Å². The van der Waals surface area contributed by atoms with E-state index in [-0.39, 0.29) is 6.10 Å². The smallest absolute Gasteiger partial charge is 0.0720 e. The zero-order chi connectivity index (χ0) is 8.69. The minimum absolute atomic E-state index is 0.228. The molecule has 0 aromatic carbocycles. The SMILES string of the molecule is CCCC(O)C=CC(C)CC. The molecule has 0 fully saturated rings. The molecule has 0 radical (unpaired) electrons. The molecule has 1 N–H and O–H groups in total. The molecule has 0 aromatic heterocycles. The van der Waals surface area contributed by atoms with Crippen molar-refractivity contribution in [3.8, 4) is 0 Å². The number of rotatable bonds is 5. The lowest BCUT2D eigenvalue weighted by Crippen LogP contribution is -2.01. The second-order valence-corrected chi connectivity index (χ2v) is 3.13. The van der Waals surface area contributed by atoms with E-state index in [0.717, 1.165) is 19.3 Å². The first-order valence-electron chi connectivity index (χ1n) is 4.57. The maximum Gasteiger partial charge on any atom is 0.0720 e. The maximum atomic E-state index is 9.31. The van der Waals surface area contributed by atoms with Crippen molar-refractivity contribution in [1.29, 1.82) is 0 Å². The molecule has 0 heterocycles. The first kappa shape index (κ1) is 10.7. The molecule has 1 heteroatoms. The lowest BCUT2D eigenvalue weighted by atomic mass is 10.1. The number of aliphatic hydroxyl groups excluding tert-OH is 1. The third-order valence-corrected chi connectivity index (χ3v) is 1.89. The molecule has 0 aliphatic carbocycles. The average Bonchev–Trinajstić information content (AvgIpc) is 2.01. The minimum atomic E-state index is -0.228. The maximum absolute atomic E-state index is 9.31. The summed E-state index contributed by atoms with van der Waals surface area (Å²) < 4.78 is 0. The summed E-state index contributed by atoms with van der Waals surface area (Å²) in [7, 11) is 0. The van der Waals surface area contributed by atoms with Crippen LogP contribution in [0.25, 0.3) is 0 Å². The lowest BCUT2D eigenvalue weighted by Gasteiger charge is -2.04. The molecule has 0 aromatic rings. The molecule has 0 aliphatic rings. The predicted molar refractivity (Wildman–Crippen MR) is 49.5 cm³/mol. The quantitative estimate of drug-likeness (QED) is 0.607. The van der Waals surface area contributed by atoms with Crippen LogP contribution in [0.1, 0.15) is 40.0 Å². The fourth-order valence-electron chi connectivity index (χ4n) is 0.846. The Bertz CT molecular complexity index is 107. The standard InChI is InChI=1S/C10H20O/c1-4-6-10(11)8-7-9(3)5-2/h7-11H,4-6H2,1-3H3. The molecule has 0 aliphatic heterocycles. The van der Waals surface area contributed by atoms with Crippen molar-refractivity contribution in [2.75, 3.05) is 0 Å². The molecule has 2 atom stereocenters. The number of allylic oxidation sites excluding steroid dienone is 1. The van der Waals surface area contributed by atoms with E-state index in [9.17, 15) is 5.11 Å². The molecule has 2 unspecified atom stereocenters. The van der Waals surface area contributed by atoms with Crippen LogP contribution in [0.15, 0.2) is 12.2 Å². The monoisotopic (exact) mass is 156 g/mol. The van der Waals surface area contributed by atoms with Gasteiger partial charge in [-0.25, -0.2) is 0 Å².